The zero-order valence-corrected chi connectivity index (χ0v) is 14.2. The van der Waals surface area contributed by atoms with Gasteiger partial charge in [-0.15, -0.1) is 0 Å². The molecule has 4 aliphatic rings. The van der Waals surface area contributed by atoms with E-state index in [0.29, 0.717) is 5.41 Å². The van der Waals surface area contributed by atoms with Crippen LogP contribution in [0.2, 0.25) is 0 Å². The summed E-state index contributed by atoms with van der Waals surface area (Å²) >= 11 is 0. The lowest BCUT2D eigenvalue weighted by atomic mass is 9.47. The average Bonchev–Trinajstić information content (AvgIpc) is 2.82. The Hall–Kier alpha value is -0.0400. The summed E-state index contributed by atoms with van der Waals surface area (Å²) in [4.78, 5) is 0. The Bertz CT molecular complexity index is 405. The van der Waals surface area contributed by atoms with Crippen LogP contribution in [0, 0.1) is 35.0 Å². The zero-order valence-electron chi connectivity index (χ0n) is 14.2. The second-order valence-corrected chi connectivity index (χ2v) is 9.35. The van der Waals surface area contributed by atoms with Gasteiger partial charge in [-0.1, -0.05) is 33.1 Å². The summed E-state index contributed by atoms with van der Waals surface area (Å²) in [6.45, 7) is 4.92. The summed E-state index contributed by atoms with van der Waals surface area (Å²) in [6, 6.07) is 0. The summed E-state index contributed by atoms with van der Waals surface area (Å²) in [6.07, 6.45) is 16.0. The number of rotatable bonds is 1. The smallest absolute Gasteiger partial charge is 0.0240 e. The van der Waals surface area contributed by atoms with Crippen LogP contribution in [0.1, 0.15) is 84.5 Å². The Morgan fingerprint density at radius 1 is 0.952 bits per heavy atom. The lowest BCUT2D eigenvalue weighted by Crippen LogP contribution is -2.63. The van der Waals surface area contributed by atoms with Crippen molar-refractivity contribution in [2.24, 2.45) is 40.7 Å². The van der Waals surface area contributed by atoms with Crippen molar-refractivity contribution in [3.63, 3.8) is 0 Å². The number of hydrogen-bond donors (Lipinski definition) is 1. The Kier molecular flexibility index (Phi) is 3.45. The molecule has 2 unspecified atom stereocenters. The molecular weight excluding hydrogens is 254 g/mol. The zero-order chi connectivity index (χ0) is 14.7. The van der Waals surface area contributed by atoms with Gasteiger partial charge in [-0.2, -0.15) is 0 Å². The summed E-state index contributed by atoms with van der Waals surface area (Å²) in [5.41, 5.74) is 7.80. The molecule has 0 bridgehead atoms. The minimum absolute atomic E-state index is 0.197. The van der Waals surface area contributed by atoms with Crippen LogP contribution in [0.25, 0.3) is 0 Å². The van der Waals surface area contributed by atoms with Gasteiger partial charge in [-0.25, -0.2) is 0 Å². The highest BCUT2D eigenvalue weighted by Crippen LogP contribution is 2.63. The molecule has 4 rings (SSSR count). The van der Waals surface area contributed by atoms with Crippen molar-refractivity contribution < 1.29 is 0 Å². The van der Waals surface area contributed by atoms with Crippen LogP contribution < -0.4 is 5.73 Å². The summed E-state index contributed by atoms with van der Waals surface area (Å²) in [5, 5.41) is 0. The fourth-order valence-electron chi connectivity index (χ4n) is 7.39. The molecule has 7 atom stereocenters. The third-order valence-corrected chi connectivity index (χ3v) is 8.78. The fourth-order valence-corrected chi connectivity index (χ4v) is 7.39. The highest BCUT2D eigenvalue weighted by atomic mass is 14.9. The maximum absolute atomic E-state index is 7.13. The van der Waals surface area contributed by atoms with Crippen LogP contribution in [0.5, 0.6) is 0 Å². The van der Waals surface area contributed by atoms with Crippen molar-refractivity contribution in [3.8, 4) is 0 Å². The highest BCUT2D eigenvalue weighted by Gasteiger charge is 2.60. The van der Waals surface area contributed by atoms with Crippen molar-refractivity contribution in [1.29, 1.82) is 0 Å². The van der Waals surface area contributed by atoms with Crippen LogP contribution in [0.3, 0.4) is 0 Å². The number of nitrogens with two attached hydrogens (primary N) is 1. The van der Waals surface area contributed by atoms with Crippen molar-refractivity contribution in [2.45, 2.75) is 90.0 Å². The topological polar surface area (TPSA) is 26.0 Å². The molecule has 0 aliphatic heterocycles. The van der Waals surface area contributed by atoms with Gasteiger partial charge < -0.3 is 5.73 Å². The first-order chi connectivity index (χ1) is 10.1. The maximum Gasteiger partial charge on any atom is 0.0240 e. The van der Waals surface area contributed by atoms with Crippen molar-refractivity contribution in [3.05, 3.63) is 0 Å². The third kappa shape index (κ3) is 1.98. The Morgan fingerprint density at radius 3 is 2.62 bits per heavy atom. The molecule has 4 aliphatic carbocycles. The van der Waals surface area contributed by atoms with Gasteiger partial charge in [0.25, 0.3) is 0 Å². The van der Waals surface area contributed by atoms with E-state index in [9.17, 15) is 0 Å². The van der Waals surface area contributed by atoms with Crippen molar-refractivity contribution >= 4 is 0 Å². The summed E-state index contributed by atoms with van der Waals surface area (Å²) in [5.74, 6) is 4.97. The first-order valence-corrected chi connectivity index (χ1v) is 9.86. The monoisotopic (exact) mass is 289 g/mol. The quantitative estimate of drug-likeness (QED) is 0.711. The van der Waals surface area contributed by atoms with Crippen LogP contribution in [-0.2, 0) is 0 Å². The number of fused-ring (bicyclic) bond motifs is 5. The first-order valence-electron chi connectivity index (χ1n) is 9.86. The van der Waals surface area contributed by atoms with Gasteiger partial charge in [0.15, 0.2) is 0 Å². The molecule has 0 aromatic carbocycles. The van der Waals surface area contributed by atoms with Gasteiger partial charge in [-0.3, -0.25) is 0 Å². The summed E-state index contributed by atoms with van der Waals surface area (Å²) < 4.78 is 0. The second kappa shape index (κ2) is 4.98. The molecule has 0 aromatic rings. The normalized spacial score (nSPS) is 56.4. The maximum atomic E-state index is 7.13. The van der Waals surface area contributed by atoms with E-state index in [-0.39, 0.29) is 5.54 Å². The largest absolute Gasteiger partial charge is 0.324 e. The Labute approximate surface area is 131 Å². The van der Waals surface area contributed by atoms with Gasteiger partial charge in [0, 0.05) is 5.54 Å². The lowest BCUT2D eigenvalue weighted by molar-refractivity contribution is -0.0716. The molecule has 0 saturated heterocycles. The van der Waals surface area contributed by atoms with E-state index in [1.54, 1.807) is 6.42 Å². The van der Waals surface area contributed by atoms with E-state index in [1.165, 1.54) is 64.2 Å². The molecule has 0 heterocycles. The third-order valence-electron chi connectivity index (χ3n) is 8.78. The summed E-state index contributed by atoms with van der Waals surface area (Å²) in [7, 11) is 0. The van der Waals surface area contributed by atoms with E-state index in [4.69, 9.17) is 5.73 Å². The van der Waals surface area contributed by atoms with Gasteiger partial charge in [0.1, 0.15) is 0 Å². The number of hydrogen-bond acceptors (Lipinski definition) is 1. The Balaban J connectivity index is 1.57. The molecule has 1 nitrogen and oxygen atoms in total. The minimum Gasteiger partial charge on any atom is -0.324 e. The van der Waals surface area contributed by atoms with Gasteiger partial charge >= 0.3 is 0 Å². The van der Waals surface area contributed by atoms with E-state index < -0.39 is 0 Å². The standard InChI is InChI=1S/C20H35N/c1-3-14-5-7-16-15(13-14)6-8-18-17(16)9-12-19(2)10-4-11-20(18,19)21/h14-18H,3-13,21H2,1-2H3/t14-,15+,16?,17+,18?,19-,20-/m0/s1. The predicted molar refractivity (Wildman–Crippen MR) is 88.9 cm³/mol. The first kappa shape index (κ1) is 14.5. The molecule has 2 N–H and O–H groups in total. The van der Waals surface area contributed by atoms with Gasteiger partial charge in [0.05, 0.1) is 0 Å². The molecule has 0 radical (unpaired) electrons. The van der Waals surface area contributed by atoms with Crippen LogP contribution in [0.4, 0.5) is 0 Å². The fraction of sp³-hybridized carbons (Fsp3) is 1.00. The van der Waals surface area contributed by atoms with Crippen LogP contribution >= 0.6 is 0 Å². The van der Waals surface area contributed by atoms with Crippen molar-refractivity contribution in [2.75, 3.05) is 0 Å². The lowest BCUT2D eigenvalue weighted by Gasteiger charge is -2.60. The second-order valence-electron chi connectivity index (χ2n) is 9.35. The molecular formula is C20H35N. The predicted octanol–water partition coefficient (Wildman–Crippen LogP) is 5.14. The SMILES string of the molecule is CC[C@H]1CCC2[C@H](CCC3[C@@H]2CC[C@]2(C)CCC[C@]32N)C1. The van der Waals surface area contributed by atoms with Crippen LogP contribution in [-0.4, -0.2) is 5.54 Å². The minimum atomic E-state index is 0.197. The van der Waals surface area contributed by atoms with Gasteiger partial charge in [0.2, 0.25) is 0 Å². The van der Waals surface area contributed by atoms with E-state index in [1.807, 2.05) is 0 Å². The molecule has 4 saturated carbocycles. The molecule has 21 heavy (non-hydrogen) atoms. The molecule has 0 aromatic heterocycles. The highest BCUT2D eigenvalue weighted by molar-refractivity contribution is 5.14. The molecule has 4 fully saturated rings. The van der Waals surface area contributed by atoms with Gasteiger partial charge in [-0.05, 0) is 86.4 Å². The van der Waals surface area contributed by atoms with E-state index in [0.717, 1.165) is 29.6 Å². The molecule has 0 spiro atoms. The Morgan fingerprint density at radius 2 is 1.81 bits per heavy atom. The molecule has 0 amide bonds. The van der Waals surface area contributed by atoms with Crippen molar-refractivity contribution in [1.82, 2.24) is 0 Å². The van der Waals surface area contributed by atoms with E-state index >= 15 is 0 Å². The van der Waals surface area contributed by atoms with Crippen LogP contribution in [0.15, 0.2) is 0 Å². The molecule has 1 heteroatoms. The van der Waals surface area contributed by atoms with E-state index in [2.05, 4.69) is 13.8 Å². The molecule has 120 valence electrons. The average molecular weight is 290 g/mol.